The fourth-order valence-electron chi connectivity index (χ4n) is 2.71. The van der Waals surface area contributed by atoms with Crippen LogP contribution in [0, 0.1) is 10.1 Å². The SMILES string of the molecule is CC(C)(C)c1ccc(OCCN2C(=O)COc3ccc([N+](=O)[O-])nc32)cc1. The zero-order chi connectivity index (χ0) is 19.6. The summed E-state index contributed by atoms with van der Waals surface area (Å²) in [6.45, 7) is 6.71. The molecule has 2 heterocycles. The first kappa shape index (κ1) is 18.6. The average Bonchev–Trinajstić information content (AvgIpc) is 2.62. The smallest absolute Gasteiger partial charge is 0.366 e. The van der Waals surface area contributed by atoms with Crippen molar-refractivity contribution in [1.29, 1.82) is 0 Å². The van der Waals surface area contributed by atoms with Gasteiger partial charge in [0, 0.05) is 6.07 Å². The van der Waals surface area contributed by atoms with Gasteiger partial charge in [0.25, 0.3) is 11.7 Å². The number of carbonyl (C=O) groups is 1. The van der Waals surface area contributed by atoms with E-state index < -0.39 is 4.92 Å². The Hall–Kier alpha value is -3.16. The Kier molecular flexibility index (Phi) is 4.98. The van der Waals surface area contributed by atoms with Gasteiger partial charge in [-0.2, -0.15) is 0 Å². The Balaban J connectivity index is 1.68. The molecule has 142 valence electrons. The summed E-state index contributed by atoms with van der Waals surface area (Å²) in [5.41, 5.74) is 1.26. The van der Waals surface area contributed by atoms with Crippen molar-refractivity contribution in [3.63, 3.8) is 0 Å². The summed E-state index contributed by atoms with van der Waals surface area (Å²) >= 11 is 0. The van der Waals surface area contributed by atoms with Gasteiger partial charge in [-0.3, -0.25) is 9.69 Å². The summed E-state index contributed by atoms with van der Waals surface area (Å²) < 4.78 is 11.0. The number of aromatic nitrogens is 1. The Bertz CT molecular complexity index is 859. The van der Waals surface area contributed by atoms with Gasteiger partial charge in [0.2, 0.25) is 0 Å². The maximum absolute atomic E-state index is 12.2. The van der Waals surface area contributed by atoms with Gasteiger partial charge in [0.05, 0.1) is 6.54 Å². The lowest BCUT2D eigenvalue weighted by Gasteiger charge is -2.25. The van der Waals surface area contributed by atoms with E-state index in [2.05, 4.69) is 25.8 Å². The normalized spacial score (nSPS) is 13.7. The van der Waals surface area contributed by atoms with E-state index in [1.807, 2.05) is 24.3 Å². The molecule has 0 fully saturated rings. The van der Waals surface area contributed by atoms with Gasteiger partial charge >= 0.3 is 5.82 Å². The van der Waals surface area contributed by atoms with E-state index in [0.717, 1.165) is 0 Å². The third-order valence-corrected chi connectivity index (χ3v) is 4.22. The van der Waals surface area contributed by atoms with Crippen molar-refractivity contribution >= 4 is 17.5 Å². The van der Waals surface area contributed by atoms with Crippen LogP contribution < -0.4 is 14.4 Å². The van der Waals surface area contributed by atoms with Gasteiger partial charge in [-0.1, -0.05) is 32.9 Å². The predicted molar refractivity (Wildman–Crippen MR) is 99.4 cm³/mol. The molecule has 1 amide bonds. The molecule has 0 radical (unpaired) electrons. The fourth-order valence-corrected chi connectivity index (χ4v) is 2.71. The number of pyridine rings is 1. The van der Waals surface area contributed by atoms with Gasteiger partial charge in [0.15, 0.2) is 12.4 Å². The van der Waals surface area contributed by atoms with Crippen LogP contribution in [0.5, 0.6) is 11.5 Å². The quantitative estimate of drug-likeness (QED) is 0.592. The van der Waals surface area contributed by atoms with E-state index in [0.29, 0.717) is 11.5 Å². The first-order chi connectivity index (χ1) is 12.8. The average molecular weight is 371 g/mol. The Labute approximate surface area is 156 Å². The molecule has 1 aliphatic heterocycles. The highest BCUT2D eigenvalue weighted by Crippen LogP contribution is 2.32. The van der Waals surface area contributed by atoms with Crippen LogP contribution in [0.1, 0.15) is 26.3 Å². The van der Waals surface area contributed by atoms with E-state index in [-0.39, 0.29) is 42.7 Å². The number of hydrogen-bond donors (Lipinski definition) is 0. The molecule has 3 rings (SSSR count). The highest BCUT2D eigenvalue weighted by Gasteiger charge is 2.32. The Morgan fingerprint density at radius 1 is 1.22 bits per heavy atom. The van der Waals surface area contributed by atoms with Crippen LogP contribution in [0.3, 0.4) is 0 Å². The molecule has 0 N–H and O–H groups in total. The number of benzene rings is 1. The Morgan fingerprint density at radius 2 is 1.93 bits per heavy atom. The molecule has 0 unspecified atom stereocenters. The molecule has 0 saturated heterocycles. The van der Waals surface area contributed by atoms with Gasteiger partial charge < -0.3 is 19.6 Å². The van der Waals surface area contributed by atoms with Gasteiger partial charge in [-0.15, -0.1) is 0 Å². The molecule has 0 bridgehead atoms. The summed E-state index contributed by atoms with van der Waals surface area (Å²) in [5, 5.41) is 10.9. The molecule has 8 nitrogen and oxygen atoms in total. The first-order valence-corrected chi connectivity index (χ1v) is 8.57. The molecule has 27 heavy (non-hydrogen) atoms. The molecular formula is C19H21N3O5. The van der Waals surface area contributed by atoms with Crippen molar-refractivity contribution in [3.05, 3.63) is 52.1 Å². The number of carbonyl (C=O) groups excluding carboxylic acids is 1. The number of nitrogens with zero attached hydrogens (tertiary/aromatic N) is 3. The van der Waals surface area contributed by atoms with E-state index in [1.54, 1.807) is 0 Å². The van der Waals surface area contributed by atoms with Crippen molar-refractivity contribution in [2.24, 2.45) is 0 Å². The monoisotopic (exact) mass is 371 g/mol. The third kappa shape index (κ3) is 4.16. The van der Waals surface area contributed by atoms with Crippen molar-refractivity contribution in [1.82, 2.24) is 4.98 Å². The topological polar surface area (TPSA) is 94.8 Å². The molecule has 0 atom stereocenters. The van der Waals surface area contributed by atoms with E-state index in [9.17, 15) is 14.9 Å². The van der Waals surface area contributed by atoms with Crippen LogP contribution >= 0.6 is 0 Å². The number of hydrogen-bond acceptors (Lipinski definition) is 6. The number of anilines is 1. The molecule has 1 aromatic heterocycles. The zero-order valence-corrected chi connectivity index (χ0v) is 15.5. The Morgan fingerprint density at radius 3 is 2.56 bits per heavy atom. The second-order valence-corrected chi connectivity index (χ2v) is 7.21. The zero-order valence-electron chi connectivity index (χ0n) is 15.5. The number of amides is 1. The molecule has 8 heteroatoms. The maximum atomic E-state index is 12.2. The number of fused-ring (bicyclic) bond motifs is 1. The number of rotatable bonds is 5. The minimum absolute atomic E-state index is 0.0584. The van der Waals surface area contributed by atoms with Crippen LogP contribution in [-0.2, 0) is 10.2 Å². The van der Waals surface area contributed by atoms with Crippen molar-refractivity contribution in [2.45, 2.75) is 26.2 Å². The minimum atomic E-state index is -0.606. The van der Waals surface area contributed by atoms with Gasteiger partial charge in [0.1, 0.15) is 12.4 Å². The van der Waals surface area contributed by atoms with Crippen LogP contribution in [0.25, 0.3) is 0 Å². The van der Waals surface area contributed by atoms with Crippen LogP contribution in [0.2, 0.25) is 0 Å². The van der Waals surface area contributed by atoms with Crippen LogP contribution in [0.4, 0.5) is 11.6 Å². The highest BCUT2D eigenvalue weighted by molar-refractivity contribution is 5.96. The lowest BCUT2D eigenvalue weighted by atomic mass is 9.87. The van der Waals surface area contributed by atoms with Crippen LogP contribution in [-0.4, -0.2) is 35.6 Å². The van der Waals surface area contributed by atoms with Crippen molar-refractivity contribution in [2.75, 3.05) is 24.7 Å². The van der Waals surface area contributed by atoms with Gasteiger partial charge in [-0.25, -0.2) is 0 Å². The second-order valence-electron chi connectivity index (χ2n) is 7.21. The van der Waals surface area contributed by atoms with E-state index in [1.165, 1.54) is 22.6 Å². The van der Waals surface area contributed by atoms with Crippen molar-refractivity contribution in [3.8, 4) is 11.5 Å². The largest absolute Gasteiger partial charge is 0.492 e. The second kappa shape index (κ2) is 7.22. The fraction of sp³-hybridized carbons (Fsp3) is 0.368. The summed E-state index contributed by atoms with van der Waals surface area (Å²) in [7, 11) is 0. The highest BCUT2D eigenvalue weighted by atomic mass is 16.6. The maximum Gasteiger partial charge on any atom is 0.366 e. The predicted octanol–water partition coefficient (Wildman–Crippen LogP) is 3.09. The van der Waals surface area contributed by atoms with Crippen molar-refractivity contribution < 1.29 is 19.2 Å². The molecule has 0 spiro atoms. The summed E-state index contributed by atoms with van der Waals surface area (Å²) in [6, 6.07) is 10.5. The summed E-state index contributed by atoms with van der Waals surface area (Å²) in [4.78, 5) is 27.8. The van der Waals surface area contributed by atoms with E-state index >= 15 is 0 Å². The number of nitro groups is 1. The summed E-state index contributed by atoms with van der Waals surface area (Å²) in [6.07, 6.45) is 0. The number of ether oxygens (including phenoxy) is 2. The lowest BCUT2D eigenvalue weighted by Crippen LogP contribution is -2.41. The first-order valence-electron chi connectivity index (χ1n) is 8.57. The van der Waals surface area contributed by atoms with Gasteiger partial charge in [-0.05, 0) is 39.1 Å². The minimum Gasteiger partial charge on any atom is -0.492 e. The molecule has 1 aliphatic rings. The van der Waals surface area contributed by atoms with Crippen LogP contribution in [0.15, 0.2) is 36.4 Å². The summed E-state index contributed by atoms with van der Waals surface area (Å²) in [5.74, 6) is 0.524. The molecule has 2 aromatic rings. The molecule has 0 saturated carbocycles. The lowest BCUT2D eigenvalue weighted by molar-refractivity contribution is -0.389. The third-order valence-electron chi connectivity index (χ3n) is 4.22. The molecule has 1 aromatic carbocycles. The molecular weight excluding hydrogens is 350 g/mol. The van der Waals surface area contributed by atoms with E-state index in [4.69, 9.17) is 9.47 Å². The molecule has 0 aliphatic carbocycles. The standard InChI is InChI=1S/C19H21N3O5/c1-19(2,3)13-4-6-14(7-5-13)26-11-10-21-17(23)12-27-15-8-9-16(22(24)25)20-18(15)21/h4-9H,10-12H2,1-3H3.